The van der Waals surface area contributed by atoms with Crippen molar-refractivity contribution >= 4 is 34.5 Å². The molecule has 2 rings (SSSR count). The second kappa shape index (κ2) is 26.0. The standard InChI is InChI=1S/C7H14NSi.2C5H5.2ClH.Hf/c1-4-6-8(9-3)7-5-2;2*1-2-4-5-3-1;;;/h4-5,9H,1-2,6-7H2,3H3;2*1-3H,4H2;2*1H;/q;2*-1;;;. The molecule has 0 saturated carbocycles. The number of rotatable bonds is 5. The zero-order valence-corrected chi connectivity index (χ0v) is 19.6. The van der Waals surface area contributed by atoms with Gasteiger partial charge < -0.3 is 4.57 Å². The van der Waals surface area contributed by atoms with E-state index in [9.17, 15) is 0 Å². The molecule has 0 unspecified atom stereocenters. The SMILES string of the molecule is C=CCN(CC=C)[SiH]C.Cl.Cl.[C-]1=CC=CC1.[C-]1=CC=CC1.[Hf]. The van der Waals surface area contributed by atoms with Crippen LogP contribution < -0.4 is 0 Å². The van der Waals surface area contributed by atoms with Gasteiger partial charge in [0, 0.05) is 38.9 Å². The fraction of sp³-hybridized carbons (Fsp3) is 0.294. The van der Waals surface area contributed by atoms with E-state index in [0.29, 0.717) is 9.68 Å². The fourth-order valence-corrected chi connectivity index (χ4v) is 2.02. The summed E-state index contributed by atoms with van der Waals surface area (Å²) in [5, 5.41) is 0. The summed E-state index contributed by atoms with van der Waals surface area (Å²) in [5.41, 5.74) is 0. The van der Waals surface area contributed by atoms with Crippen molar-refractivity contribution in [2.24, 2.45) is 0 Å². The predicted molar refractivity (Wildman–Crippen MR) is 103 cm³/mol. The normalized spacial score (nSPS) is 11.9. The van der Waals surface area contributed by atoms with Gasteiger partial charge in [-0.15, -0.1) is 50.8 Å². The Balaban J connectivity index is -0.000000108. The third-order valence-electron chi connectivity index (χ3n) is 2.26. The van der Waals surface area contributed by atoms with Crippen LogP contribution in [0.1, 0.15) is 12.8 Å². The zero-order valence-electron chi connectivity index (χ0n) is 13.2. The minimum absolute atomic E-state index is 0. The molecule has 123 valence electrons. The van der Waals surface area contributed by atoms with Crippen molar-refractivity contribution < 1.29 is 25.8 Å². The Morgan fingerprint density at radius 2 is 1.41 bits per heavy atom. The largest absolute Gasteiger partial charge is 0.321 e. The van der Waals surface area contributed by atoms with Crippen LogP contribution >= 0.6 is 24.8 Å². The van der Waals surface area contributed by atoms with Gasteiger partial charge in [0.15, 0.2) is 0 Å². The topological polar surface area (TPSA) is 3.24 Å². The van der Waals surface area contributed by atoms with E-state index in [2.05, 4.69) is 48.6 Å². The first-order valence-corrected chi connectivity index (χ1v) is 8.21. The third kappa shape index (κ3) is 22.3. The van der Waals surface area contributed by atoms with Crippen molar-refractivity contribution in [3.8, 4) is 0 Å². The Morgan fingerprint density at radius 3 is 1.55 bits per heavy atom. The van der Waals surface area contributed by atoms with Crippen LogP contribution in [0.25, 0.3) is 0 Å². The molecule has 0 aliphatic heterocycles. The number of hydrogen-bond donors (Lipinski definition) is 0. The van der Waals surface area contributed by atoms with E-state index in [0.717, 1.165) is 25.9 Å². The summed E-state index contributed by atoms with van der Waals surface area (Å²) in [6.45, 7) is 11.5. The van der Waals surface area contributed by atoms with Gasteiger partial charge in [-0.05, 0) is 0 Å². The molecule has 0 N–H and O–H groups in total. The number of nitrogens with zero attached hydrogens (tertiary/aromatic N) is 1. The van der Waals surface area contributed by atoms with Gasteiger partial charge in [-0.2, -0.15) is 12.2 Å². The van der Waals surface area contributed by atoms with Crippen LogP contribution in [0.3, 0.4) is 0 Å². The Morgan fingerprint density at radius 1 is 1.00 bits per heavy atom. The van der Waals surface area contributed by atoms with Crippen LogP contribution in [0.15, 0.2) is 61.8 Å². The van der Waals surface area contributed by atoms with Crippen molar-refractivity contribution in [2.45, 2.75) is 19.4 Å². The number of allylic oxidation sites excluding steroid dienone is 8. The van der Waals surface area contributed by atoms with E-state index in [4.69, 9.17) is 0 Å². The summed E-state index contributed by atoms with van der Waals surface area (Å²) >= 11 is 0. The molecule has 2 aliphatic rings. The third-order valence-corrected chi connectivity index (χ3v) is 3.42. The Bertz CT molecular complexity index is 301. The number of hydrogen-bond acceptors (Lipinski definition) is 1. The molecule has 0 heterocycles. The summed E-state index contributed by atoms with van der Waals surface area (Å²) in [4.78, 5) is 0. The van der Waals surface area contributed by atoms with Gasteiger partial charge in [-0.3, -0.25) is 12.2 Å². The average molecular weight is 522 g/mol. The molecular formula is C17H26Cl2HfNSi-2. The van der Waals surface area contributed by atoms with Gasteiger partial charge in [0.1, 0.15) is 9.68 Å². The van der Waals surface area contributed by atoms with Crippen LogP contribution in [-0.2, 0) is 25.8 Å². The fourth-order valence-electron chi connectivity index (χ4n) is 1.30. The first kappa shape index (κ1) is 30.0. The number of halogens is 2. The zero-order chi connectivity index (χ0) is 14.2. The van der Waals surface area contributed by atoms with Crippen LogP contribution in [0.5, 0.6) is 0 Å². The van der Waals surface area contributed by atoms with Crippen LogP contribution in [0, 0.1) is 12.2 Å². The average Bonchev–Trinajstić information content (AvgIpc) is 3.15. The van der Waals surface area contributed by atoms with Crippen molar-refractivity contribution in [3.63, 3.8) is 0 Å². The van der Waals surface area contributed by atoms with Gasteiger partial charge in [0.25, 0.3) is 0 Å². The van der Waals surface area contributed by atoms with Crippen LogP contribution in [0.4, 0.5) is 0 Å². The Labute approximate surface area is 170 Å². The summed E-state index contributed by atoms with van der Waals surface area (Å²) in [6, 6.07) is 0. The summed E-state index contributed by atoms with van der Waals surface area (Å²) in [6.07, 6.45) is 23.9. The van der Waals surface area contributed by atoms with Crippen LogP contribution in [0.2, 0.25) is 6.55 Å². The van der Waals surface area contributed by atoms with E-state index in [1.165, 1.54) is 0 Å². The maximum atomic E-state index is 3.67. The molecule has 0 saturated heterocycles. The van der Waals surface area contributed by atoms with Crippen molar-refractivity contribution in [1.82, 2.24) is 4.57 Å². The quantitative estimate of drug-likeness (QED) is 0.292. The van der Waals surface area contributed by atoms with E-state index in [1.54, 1.807) is 0 Å². The molecular weight excluding hydrogens is 496 g/mol. The summed E-state index contributed by atoms with van der Waals surface area (Å²) < 4.78 is 2.33. The second-order valence-electron chi connectivity index (χ2n) is 3.80. The molecule has 22 heavy (non-hydrogen) atoms. The van der Waals surface area contributed by atoms with E-state index >= 15 is 0 Å². The second-order valence-corrected chi connectivity index (χ2v) is 5.04. The van der Waals surface area contributed by atoms with Gasteiger partial charge in [-0.1, -0.05) is 18.7 Å². The van der Waals surface area contributed by atoms with Crippen molar-refractivity contribution in [1.29, 1.82) is 0 Å². The van der Waals surface area contributed by atoms with E-state index < -0.39 is 0 Å². The summed E-state index contributed by atoms with van der Waals surface area (Å²) in [7, 11) is 0.425. The molecule has 5 heteroatoms. The first-order valence-electron chi connectivity index (χ1n) is 6.54. The van der Waals surface area contributed by atoms with Gasteiger partial charge >= 0.3 is 0 Å². The molecule has 1 radical (unpaired) electrons. The minimum Gasteiger partial charge on any atom is -0.321 e. The van der Waals surface area contributed by atoms with Gasteiger partial charge in [0.2, 0.25) is 0 Å². The van der Waals surface area contributed by atoms with E-state index in [1.807, 2.05) is 36.5 Å². The monoisotopic (exact) mass is 522 g/mol. The molecule has 0 aromatic carbocycles. The van der Waals surface area contributed by atoms with Gasteiger partial charge in [-0.25, -0.2) is 24.3 Å². The molecule has 0 aromatic heterocycles. The molecule has 0 amide bonds. The van der Waals surface area contributed by atoms with E-state index in [-0.39, 0.29) is 50.7 Å². The Hall–Kier alpha value is 0.0670. The molecule has 0 fully saturated rings. The molecule has 0 spiro atoms. The van der Waals surface area contributed by atoms with Crippen LogP contribution in [-0.4, -0.2) is 27.3 Å². The maximum Gasteiger partial charge on any atom is 0.114 e. The minimum atomic E-state index is 0. The Kier molecular flexibility index (Phi) is 35.4. The van der Waals surface area contributed by atoms with Crippen molar-refractivity contribution in [3.05, 3.63) is 73.9 Å². The summed E-state index contributed by atoms with van der Waals surface area (Å²) in [5.74, 6) is 0. The maximum absolute atomic E-state index is 3.67. The molecule has 0 atom stereocenters. The smallest absolute Gasteiger partial charge is 0.114 e. The van der Waals surface area contributed by atoms with Crippen molar-refractivity contribution in [2.75, 3.05) is 13.1 Å². The molecule has 2 aliphatic carbocycles. The first-order chi connectivity index (χ1) is 9.35. The molecule has 0 bridgehead atoms. The predicted octanol–water partition coefficient (Wildman–Crippen LogP) is 4.51. The molecule has 1 nitrogen and oxygen atoms in total. The van der Waals surface area contributed by atoms with Gasteiger partial charge in [0.05, 0.1) is 0 Å². The molecule has 0 aromatic rings.